The zero-order valence-electron chi connectivity index (χ0n) is 39.5. The molecule has 9 atom stereocenters. The highest BCUT2D eigenvalue weighted by atomic mass is 32.1. The molecule has 1 aliphatic rings. The first-order chi connectivity index (χ1) is 30.1. The summed E-state index contributed by atoms with van der Waals surface area (Å²) in [5.41, 5.74) is 0.730. The molecule has 0 bridgehead atoms. The monoisotopic (exact) mass is 923 g/mol. The summed E-state index contributed by atoms with van der Waals surface area (Å²) >= 11 is 4.38. The number of nitrogens with one attached hydrogen (secondary N) is 2. The number of nitrogens with zero attached hydrogens (tertiary/aromatic N) is 4. The van der Waals surface area contributed by atoms with Crippen LogP contribution in [0.15, 0.2) is 30.3 Å². The summed E-state index contributed by atoms with van der Waals surface area (Å²) in [4.78, 5) is 96.5. The molecule has 0 saturated carbocycles. The van der Waals surface area contributed by atoms with Crippen molar-refractivity contribution in [2.24, 2.45) is 23.7 Å². The number of hydrogen-bond acceptors (Lipinski definition) is 13. The van der Waals surface area contributed by atoms with Crippen LogP contribution in [0, 0.1) is 23.7 Å². The Balaban J connectivity index is 2.30. The van der Waals surface area contributed by atoms with Crippen LogP contribution in [-0.2, 0) is 54.2 Å². The maximum absolute atomic E-state index is 14.4. The van der Waals surface area contributed by atoms with Crippen LogP contribution in [0.3, 0.4) is 0 Å². The van der Waals surface area contributed by atoms with Gasteiger partial charge in [-0.2, -0.15) is 0 Å². The molecule has 1 aromatic rings. The van der Waals surface area contributed by atoms with E-state index in [1.165, 1.54) is 18.5 Å². The Morgan fingerprint density at radius 2 is 1.48 bits per heavy atom. The maximum atomic E-state index is 14.4. The molecule has 4 amide bonds. The fourth-order valence-electron chi connectivity index (χ4n) is 8.50. The molecule has 1 fully saturated rings. The zero-order chi connectivity index (χ0) is 48.4. The lowest BCUT2D eigenvalue weighted by Gasteiger charge is -2.41. The van der Waals surface area contributed by atoms with Gasteiger partial charge in [0.05, 0.1) is 49.7 Å². The fraction of sp³-hybridized carbons (Fsp3) is 0.711. The van der Waals surface area contributed by atoms with E-state index >= 15 is 0 Å². The first kappa shape index (κ1) is 55.8. The van der Waals surface area contributed by atoms with E-state index in [1.807, 2.05) is 47.6 Å². The molecular weight excluding hydrogens is 849 g/mol. The van der Waals surface area contributed by atoms with E-state index < -0.39 is 85.2 Å². The number of thiol groups is 1. The van der Waals surface area contributed by atoms with Crippen molar-refractivity contribution in [3.8, 4) is 0 Å². The highest BCUT2D eigenvalue weighted by Crippen LogP contribution is 2.30. The summed E-state index contributed by atoms with van der Waals surface area (Å²) < 4.78 is 18.9. The van der Waals surface area contributed by atoms with Gasteiger partial charge in [-0.05, 0) is 43.2 Å². The van der Waals surface area contributed by atoms with Gasteiger partial charge in [0.2, 0.25) is 23.6 Å². The lowest BCUT2D eigenvalue weighted by atomic mass is 9.89. The van der Waals surface area contributed by atoms with Gasteiger partial charge in [-0.3, -0.25) is 33.7 Å². The molecule has 362 valence electrons. The molecule has 0 aliphatic carbocycles. The van der Waals surface area contributed by atoms with Crippen LogP contribution >= 0.6 is 12.8 Å². The summed E-state index contributed by atoms with van der Waals surface area (Å²) in [6.07, 6.45) is 0.356. The molecule has 1 aliphatic heterocycles. The first-order valence-electron chi connectivity index (χ1n) is 22.1. The molecule has 18 nitrogen and oxygen atoms in total. The second-order valence-corrected chi connectivity index (χ2v) is 18.1. The van der Waals surface area contributed by atoms with Crippen LogP contribution in [0.2, 0.25) is 0 Å². The maximum Gasteiger partial charge on any atom is 0.329 e. The van der Waals surface area contributed by atoms with Crippen molar-refractivity contribution in [2.45, 2.75) is 123 Å². The van der Waals surface area contributed by atoms with E-state index in [-0.39, 0.29) is 61.5 Å². The molecule has 4 N–H and O–H groups in total. The molecule has 1 saturated heterocycles. The van der Waals surface area contributed by atoms with Gasteiger partial charge in [-0.1, -0.05) is 98.0 Å². The third-order valence-electron chi connectivity index (χ3n) is 12.0. The van der Waals surface area contributed by atoms with E-state index in [2.05, 4.69) is 23.4 Å². The van der Waals surface area contributed by atoms with Crippen LogP contribution in [0.25, 0.3) is 0 Å². The van der Waals surface area contributed by atoms with Gasteiger partial charge in [-0.15, -0.1) is 0 Å². The topological polar surface area (TPSA) is 225 Å². The second kappa shape index (κ2) is 27.2. The van der Waals surface area contributed by atoms with Gasteiger partial charge in [-0.25, -0.2) is 9.10 Å². The average Bonchev–Trinajstić information content (AvgIpc) is 3.71. The number of esters is 1. The summed E-state index contributed by atoms with van der Waals surface area (Å²) in [6, 6.07) is 5.32. The number of hydrogen-bond donors (Lipinski definition) is 5. The predicted octanol–water partition coefficient (Wildman–Crippen LogP) is 2.59. The van der Waals surface area contributed by atoms with Crippen molar-refractivity contribution in [3.05, 3.63) is 35.9 Å². The zero-order valence-corrected chi connectivity index (χ0v) is 40.4. The number of ether oxygens (including phenoxy) is 3. The number of carbonyl (C=O) groups is 7. The summed E-state index contributed by atoms with van der Waals surface area (Å²) in [7, 11) is 6.34. The average molecular weight is 923 g/mol. The van der Waals surface area contributed by atoms with Gasteiger partial charge in [0.1, 0.15) is 24.7 Å². The minimum Gasteiger partial charge on any atom is -0.480 e. The molecule has 0 spiro atoms. The third-order valence-corrected chi connectivity index (χ3v) is 12.3. The Labute approximate surface area is 384 Å². The number of benzene rings is 1. The van der Waals surface area contributed by atoms with E-state index in [0.717, 1.165) is 10.5 Å². The molecule has 0 aromatic heterocycles. The number of carbonyl (C=O) groups excluding carboxylic acids is 5. The van der Waals surface area contributed by atoms with Crippen LogP contribution in [0.4, 0.5) is 0 Å². The molecule has 64 heavy (non-hydrogen) atoms. The minimum absolute atomic E-state index is 0.0690. The van der Waals surface area contributed by atoms with Crippen molar-refractivity contribution in [2.75, 3.05) is 61.1 Å². The standard InChI is InChI=1S/C45H74N6O12S/c1-12-29(6)40(48(8)44(59)38(27(2)3)47-43(58)39(28(4)5)49(9)64)34(61-10)24-35(52)51-20-16-19-33(51)41(62-11)30(7)42(57)46-32(23-31-17-14-13-15-18-31)45(60)63-22-21-50(25-36(53)54)26-37(55)56/h13-15,17-18,27-30,32-34,38-41,64H,12,16,19-26H2,1-11H3,(H,46,57)(H,47,58)(H,53,54)(H,55,56)/t29-,30+,32-,33-,34+,38-,39-,40-,41+/m0/s1. The quantitative estimate of drug-likeness (QED) is 0.0603. The molecule has 0 unspecified atom stereocenters. The third kappa shape index (κ3) is 16.6. The van der Waals surface area contributed by atoms with Gasteiger partial charge in [0.25, 0.3) is 0 Å². The predicted molar refractivity (Wildman–Crippen MR) is 243 cm³/mol. The fourth-order valence-corrected chi connectivity index (χ4v) is 8.87. The Kier molecular flexibility index (Phi) is 23.8. The molecule has 1 aromatic carbocycles. The number of likely N-dealkylation sites (tertiary alicyclic amines) is 1. The van der Waals surface area contributed by atoms with Crippen LogP contribution < -0.4 is 10.6 Å². The highest BCUT2D eigenvalue weighted by Gasteiger charge is 2.43. The largest absolute Gasteiger partial charge is 0.480 e. The van der Waals surface area contributed by atoms with Gasteiger partial charge >= 0.3 is 17.9 Å². The van der Waals surface area contributed by atoms with Crippen molar-refractivity contribution in [3.63, 3.8) is 0 Å². The van der Waals surface area contributed by atoms with Crippen molar-refractivity contribution < 1.29 is 58.0 Å². The molecule has 0 radical (unpaired) electrons. The number of amides is 4. The number of carboxylic acids is 2. The number of aliphatic carboxylic acids is 2. The van der Waals surface area contributed by atoms with E-state index in [9.17, 15) is 43.8 Å². The number of rotatable bonds is 28. The van der Waals surface area contributed by atoms with Crippen molar-refractivity contribution >= 4 is 54.4 Å². The summed E-state index contributed by atoms with van der Waals surface area (Å²) in [5.74, 6) is -5.94. The molecular formula is C45H74N6O12S. The van der Waals surface area contributed by atoms with Crippen LogP contribution in [-0.4, -0.2) is 174 Å². The number of methoxy groups -OCH3 is 2. The lowest BCUT2D eigenvalue weighted by Crippen LogP contribution is -2.59. The minimum atomic E-state index is -1.24. The first-order valence-corrected chi connectivity index (χ1v) is 22.5. The van der Waals surface area contributed by atoms with E-state index in [1.54, 1.807) is 55.1 Å². The lowest BCUT2D eigenvalue weighted by molar-refractivity contribution is -0.150. The highest BCUT2D eigenvalue weighted by molar-refractivity contribution is 7.77. The van der Waals surface area contributed by atoms with Crippen LogP contribution in [0.5, 0.6) is 0 Å². The van der Waals surface area contributed by atoms with E-state index in [4.69, 9.17) is 14.2 Å². The summed E-state index contributed by atoms with van der Waals surface area (Å²) in [5, 5.41) is 24.1. The van der Waals surface area contributed by atoms with Gasteiger partial charge in [0, 0.05) is 40.8 Å². The Morgan fingerprint density at radius 1 is 0.875 bits per heavy atom. The molecule has 2 rings (SSSR count). The molecule has 1 heterocycles. The van der Waals surface area contributed by atoms with Crippen molar-refractivity contribution in [1.29, 1.82) is 0 Å². The Hall–Kier alpha value is -4.30. The second-order valence-electron chi connectivity index (χ2n) is 17.5. The Morgan fingerprint density at radius 3 is 1.98 bits per heavy atom. The summed E-state index contributed by atoms with van der Waals surface area (Å²) in [6.45, 7) is 12.0. The normalized spacial score (nSPS) is 17.9. The van der Waals surface area contributed by atoms with E-state index in [0.29, 0.717) is 25.8 Å². The van der Waals surface area contributed by atoms with Crippen LogP contribution in [0.1, 0.15) is 79.7 Å². The Bertz CT molecular complexity index is 1660. The van der Waals surface area contributed by atoms with Crippen molar-refractivity contribution in [1.82, 2.24) is 29.6 Å². The van der Waals surface area contributed by atoms with Gasteiger partial charge < -0.3 is 44.9 Å². The van der Waals surface area contributed by atoms with Gasteiger partial charge in [0.15, 0.2) is 0 Å². The molecule has 19 heteroatoms. The SMILES string of the molecule is CC[C@H](C)[C@@H]([C@@H](CC(=O)N1CCC[C@H]1[C@H](OC)[C@@H](C)C(=O)N[C@@H](Cc1ccccc1)C(=O)OCCN(CC(=O)O)CC(=O)O)OC)N(C)C(=O)[C@@H](NC(=O)[C@H](C(C)C)N(C)S)C(C)C. The number of likely N-dealkylation sites (N-methyl/N-ethyl adjacent to an activating group) is 2. The number of carboxylic acid groups (broad SMARTS) is 2. The smallest absolute Gasteiger partial charge is 0.329 e.